The van der Waals surface area contributed by atoms with Gasteiger partial charge in [-0.15, -0.1) is 0 Å². The highest BCUT2D eigenvalue weighted by Crippen LogP contribution is 2.47. The zero-order valence-corrected chi connectivity index (χ0v) is 30.8. The Morgan fingerprint density at radius 2 is 0.536 bits per heavy atom. The Balaban J connectivity index is 1.23. The molecule has 0 nitrogen and oxygen atoms in total. The Bertz CT molecular complexity index is 3190. The van der Waals surface area contributed by atoms with Crippen LogP contribution in [0, 0.1) is 0 Å². The fourth-order valence-corrected chi connectivity index (χ4v) is 9.19. The number of hydrogen-bond donors (Lipinski definition) is 0. The van der Waals surface area contributed by atoms with Crippen LogP contribution >= 0.6 is 0 Å². The Hall–Kier alpha value is -7.28. The molecule has 0 N–H and O–H groups in total. The molecule has 0 aromatic heterocycles. The van der Waals surface area contributed by atoms with Crippen LogP contribution in [0.25, 0.3) is 109 Å². The van der Waals surface area contributed by atoms with Crippen LogP contribution in [-0.2, 0) is 0 Å². The third kappa shape index (κ3) is 5.15. The van der Waals surface area contributed by atoms with Gasteiger partial charge in [0.15, 0.2) is 0 Å². The fourth-order valence-electron chi connectivity index (χ4n) is 9.19. The first-order valence-electron chi connectivity index (χ1n) is 19.4. The van der Waals surface area contributed by atoms with E-state index in [1.807, 2.05) is 0 Å². The molecule has 0 bridgehead atoms. The molecule has 0 fully saturated rings. The van der Waals surface area contributed by atoms with E-state index >= 15 is 0 Å². The molecule has 0 spiro atoms. The molecule has 0 aliphatic rings. The first-order chi connectivity index (χ1) is 27.8. The summed E-state index contributed by atoms with van der Waals surface area (Å²) >= 11 is 0. The van der Waals surface area contributed by atoms with Crippen LogP contribution in [0.3, 0.4) is 0 Å². The molecule has 0 unspecified atom stereocenters. The summed E-state index contributed by atoms with van der Waals surface area (Å²) in [5.74, 6) is 0. The van der Waals surface area contributed by atoms with Crippen molar-refractivity contribution in [2.75, 3.05) is 0 Å². The van der Waals surface area contributed by atoms with E-state index in [1.165, 1.54) is 109 Å². The molecule has 0 amide bonds. The lowest BCUT2D eigenvalue weighted by Gasteiger charge is -2.20. The Labute approximate surface area is 326 Å². The molecule has 11 rings (SSSR count). The highest BCUT2D eigenvalue weighted by atomic mass is 14.2. The average molecular weight is 709 g/mol. The number of rotatable bonds is 5. The quantitative estimate of drug-likeness (QED) is 0.123. The Morgan fingerprint density at radius 1 is 0.161 bits per heavy atom. The third-order valence-electron chi connectivity index (χ3n) is 11.7. The Morgan fingerprint density at radius 3 is 1.09 bits per heavy atom. The molecule has 0 aliphatic heterocycles. The summed E-state index contributed by atoms with van der Waals surface area (Å²) in [5.41, 5.74) is 12.3. The van der Waals surface area contributed by atoms with Crippen molar-refractivity contribution in [3.8, 4) is 55.6 Å². The number of hydrogen-bond acceptors (Lipinski definition) is 0. The molecular weight excluding hydrogens is 673 g/mol. The first-order valence-corrected chi connectivity index (χ1v) is 19.4. The summed E-state index contributed by atoms with van der Waals surface area (Å²) in [6.07, 6.45) is 0. The lowest BCUT2D eigenvalue weighted by Crippen LogP contribution is -1.93. The molecule has 0 aliphatic carbocycles. The van der Waals surface area contributed by atoms with Gasteiger partial charge in [0.2, 0.25) is 0 Å². The van der Waals surface area contributed by atoms with E-state index < -0.39 is 0 Å². The van der Waals surface area contributed by atoms with Crippen molar-refractivity contribution in [3.63, 3.8) is 0 Å². The number of benzene rings is 11. The molecule has 0 radical (unpaired) electrons. The van der Waals surface area contributed by atoms with Crippen LogP contribution in [0.1, 0.15) is 0 Å². The highest BCUT2D eigenvalue weighted by Gasteiger charge is 2.20. The smallest absolute Gasteiger partial charge is 0.00261 e. The molecule has 0 heterocycles. The summed E-state index contributed by atoms with van der Waals surface area (Å²) in [4.78, 5) is 0. The summed E-state index contributed by atoms with van der Waals surface area (Å²) < 4.78 is 0. The van der Waals surface area contributed by atoms with Gasteiger partial charge in [0.25, 0.3) is 0 Å². The summed E-state index contributed by atoms with van der Waals surface area (Å²) in [6, 6.07) is 80.4. The molecule has 0 atom stereocenters. The van der Waals surface area contributed by atoms with Crippen molar-refractivity contribution >= 4 is 53.9 Å². The van der Waals surface area contributed by atoms with Crippen molar-refractivity contribution < 1.29 is 0 Å². The molecule has 260 valence electrons. The first kappa shape index (κ1) is 32.2. The number of fused-ring (bicyclic) bond motifs is 8. The molecule has 56 heavy (non-hydrogen) atoms. The molecular formula is C56H36. The largest absolute Gasteiger partial charge is 0.0622 e. The molecule has 0 saturated heterocycles. The van der Waals surface area contributed by atoms with Crippen LogP contribution < -0.4 is 0 Å². The normalized spacial score (nSPS) is 11.6. The summed E-state index contributed by atoms with van der Waals surface area (Å²) in [7, 11) is 0. The van der Waals surface area contributed by atoms with Gasteiger partial charge in [0.05, 0.1) is 0 Å². The second-order valence-corrected chi connectivity index (χ2v) is 14.7. The maximum absolute atomic E-state index is 2.46. The van der Waals surface area contributed by atoms with Crippen LogP contribution in [-0.4, -0.2) is 0 Å². The van der Waals surface area contributed by atoms with Crippen LogP contribution in [0.5, 0.6) is 0 Å². The van der Waals surface area contributed by atoms with Crippen molar-refractivity contribution in [1.29, 1.82) is 0 Å². The van der Waals surface area contributed by atoms with Gasteiger partial charge in [-0.05, 0) is 122 Å². The zero-order chi connectivity index (χ0) is 37.0. The van der Waals surface area contributed by atoms with E-state index in [9.17, 15) is 0 Å². The van der Waals surface area contributed by atoms with Gasteiger partial charge < -0.3 is 0 Å². The SMILES string of the molecule is c1ccc(-c2ccccc2-c2ccc(-c3c4ccccc4c(-c4ccccc4)c4ccccc34)cc2-c2ccc3c4ccccc4c4ccccc4c3c2)cc1. The minimum atomic E-state index is 1.20. The molecule has 0 heteroatoms. The fraction of sp³-hybridized carbons (Fsp3) is 0. The van der Waals surface area contributed by atoms with E-state index in [-0.39, 0.29) is 0 Å². The van der Waals surface area contributed by atoms with Gasteiger partial charge in [0.1, 0.15) is 0 Å². The molecule has 0 saturated carbocycles. The predicted molar refractivity (Wildman–Crippen MR) is 241 cm³/mol. The second-order valence-electron chi connectivity index (χ2n) is 14.7. The summed E-state index contributed by atoms with van der Waals surface area (Å²) in [6.45, 7) is 0. The van der Waals surface area contributed by atoms with Crippen molar-refractivity contribution in [2.24, 2.45) is 0 Å². The summed E-state index contributed by atoms with van der Waals surface area (Å²) in [5, 5.41) is 12.7. The van der Waals surface area contributed by atoms with Gasteiger partial charge in [0, 0.05) is 0 Å². The van der Waals surface area contributed by atoms with Gasteiger partial charge in [-0.25, -0.2) is 0 Å². The van der Waals surface area contributed by atoms with Gasteiger partial charge in [-0.2, -0.15) is 0 Å². The maximum Gasteiger partial charge on any atom is -0.00261 e. The second kappa shape index (κ2) is 13.2. The van der Waals surface area contributed by atoms with E-state index in [4.69, 9.17) is 0 Å². The van der Waals surface area contributed by atoms with Crippen molar-refractivity contribution in [3.05, 3.63) is 218 Å². The van der Waals surface area contributed by atoms with Crippen molar-refractivity contribution in [2.45, 2.75) is 0 Å². The lowest BCUT2D eigenvalue weighted by molar-refractivity contribution is 1.57. The lowest BCUT2D eigenvalue weighted by atomic mass is 9.83. The minimum absolute atomic E-state index is 1.20. The highest BCUT2D eigenvalue weighted by molar-refractivity contribution is 6.26. The maximum atomic E-state index is 2.46. The van der Waals surface area contributed by atoms with Crippen LogP contribution in [0.2, 0.25) is 0 Å². The zero-order valence-electron chi connectivity index (χ0n) is 30.8. The van der Waals surface area contributed by atoms with Gasteiger partial charge >= 0.3 is 0 Å². The van der Waals surface area contributed by atoms with E-state index in [2.05, 4.69) is 218 Å². The average Bonchev–Trinajstić information content (AvgIpc) is 3.28. The van der Waals surface area contributed by atoms with Gasteiger partial charge in [-0.1, -0.05) is 206 Å². The topological polar surface area (TPSA) is 0 Å². The van der Waals surface area contributed by atoms with Crippen LogP contribution in [0.4, 0.5) is 0 Å². The van der Waals surface area contributed by atoms with Gasteiger partial charge in [-0.3, -0.25) is 0 Å². The predicted octanol–water partition coefficient (Wildman–Crippen LogP) is 15.8. The monoisotopic (exact) mass is 708 g/mol. The third-order valence-corrected chi connectivity index (χ3v) is 11.7. The van der Waals surface area contributed by atoms with Crippen LogP contribution in [0.15, 0.2) is 218 Å². The minimum Gasteiger partial charge on any atom is -0.0622 e. The van der Waals surface area contributed by atoms with E-state index in [0.717, 1.165) is 0 Å². The van der Waals surface area contributed by atoms with Crippen molar-refractivity contribution in [1.82, 2.24) is 0 Å². The molecule has 11 aromatic carbocycles. The Kier molecular flexibility index (Phi) is 7.60. The van der Waals surface area contributed by atoms with E-state index in [1.54, 1.807) is 0 Å². The van der Waals surface area contributed by atoms with E-state index in [0.29, 0.717) is 0 Å². The standard InChI is InChI=1S/C56H36/c1-3-17-37(18-4-1)41-21-7-8-22-42(41)47-34-32-40(56-51-29-15-13-27-49(51)55(38-19-5-2-6-20-38)50-28-14-16-30-52(50)56)36-53(47)39-31-33-48-45-25-10-9-23-43(45)44-24-11-12-26-46(44)54(48)35-39/h1-36H. The molecule has 11 aromatic rings.